The van der Waals surface area contributed by atoms with Gasteiger partial charge in [0.25, 0.3) is 0 Å². The molecule has 0 bridgehead atoms. The highest BCUT2D eigenvalue weighted by Crippen LogP contribution is 2.44. The minimum atomic E-state index is -3.69. The summed E-state index contributed by atoms with van der Waals surface area (Å²) in [5.74, 6) is -0.333. The van der Waals surface area contributed by atoms with Crippen molar-refractivity contribution in [1.82, 2.24) is 10.6 Å². The van der Waals surface area contributed by atoms with Gasteiger partial charge in [0.1, 0.15) is 10.7 Å². The van der Waals surface area contributed by atoms with Crippen molar-refractivity contribution in [2.45, 2.75) is 37.5 Å². The Balaban J connectivity index is 1.93. The summed E-state index contributed by atoms with van der Waals surface area (Å²) >= 11 is 0. The Kier molecular flexibility index (Phi) is 8.04. The summed E-state index contributed by atoms with van der Waals surface area (Å²) in [6.07, 6.45) is 4.47. The molecule has 0 atom stereocenters. The summed E-state index contributed by atoms with van der Waals surface area (Å²) in [6, 6.07) is 5.44. The molecule has 2 N–H and O–H groups in total. The van der Waals surface area contributed by atoms with E-state index in [9.17, 15) is 12.8 Å². The molecule has 1 aliphatic rings. The third kappa shape index (κ3) is 6.17. The van der Waals surface area contributed by atoms with Crippen LogP contribution in [0.25, 0.3) is 0 Å². The van der Waals surface area contributed by atoms with Gasteiger partial charge in [-0.25, -0.2) is 12.8 Å². The van der Waals surface area contributed by atoms with Crippen LogP contribution < -0.4 is 10.6 Å². The molecule has 8 heteroatoms. The number of nitrogens with zero attached hydrogens (tertiary/aromatic N) is 1. The molecular weight excluding hydrogens is 369 g/mol. The van der Waals surface area contributed by atoms with E-state index in [2.05, 4.69) is 15.6 Å². The average molecular weight is 400 g/mol. The maximum absolute atomic E-state index is 13.7. The van der Waals surface area contributed by atoms with Crippen molar-refractivity contribution in [3.63, 3.8) is 0 Å². The molecule has 0 saturated heterocycles. The molecule has 0 heterocycles. The lowest BCUT2D eigenvalue weighted by Crippen LogP contribution is -2.41. The quantitative estimate of drug-likeness (QED) is 0.466. The number of rotatable bonds is 10. The van der Waals surface area contributed by atoms with Crippen molar-refractivity contribution < 1.29 is 17.5 Å². The van der Waals surface area contributed by atoms with Crippen molar-refractivity contribution in [3.05, 3.63) is 30.1 Å². The lowest BCUT2D eigenvalue weighted by atomic mass is 9.67. The fourth-order valence-corrected chi connectivity index (χ4v) is 4.42. The molecule has 0 amide bonds. The second-order valence-corrected chi connectivity index (χ2v) is 9.05. The number of methoxy groups -OCH3 is 1. The molecule has 1 saturated carbocycles. The highest BCUT2D eigenvalue weighted by molar-refractivity contribution is 7.91. The Hall–Kier alpha value is -1.67. The van der Waals surface area contributed by atoms with Crippen LogP contribution in [0.3, 0.4) is 0 Å². The molecule has 1 fully saturated rings. The number of aliphatic imine (C=N–C) groups is 1. The van der Waals surface area contributed by atoms with E-state index in [-0.39, 0.29) is 22.6 Å². The fraction of sp³-hybridized carbons (Fsp3) is 0.632. The average Bonchev–Trinajstić information content (AvgIpc) is 2.60. The van der Waals surface area contributed by atoms with Crippen LogP contribution >= 0.6 is 0 Å². The first-order valence-corrected chi connectivity index (χ1v) is 11.1. The van der Waals surface area contributed by atoms with Crippen molar-refractivity contribution in [2.24, 2.45) is 10.4 Å². The highest BCUT2D eigenvalue weighted by atomic mass is 32.2. The first-order chi connectivity index (χ1) is 12.9. The zero-order valence-corrected chi connectivity index (χ0v) is 16.9. The van der Waals surface area contributed by atoms with Gasteiger partial charge in [0.05, 0.1) is 5.75 Å². The van der Waals surface area contributed by atoms with Crippen LogP contribution in [0.2, 0.25) is 0 Å². The van der Waals surface area contributed by atoms with E-state index in [1.165, 1.54) is 24.6 Å². The summed E-state index contributed by atoms with van der Waals surface area (Å²) in [4.78, 5) is 4.38. The molecule has 1 aromatic carbocycles. The fourth-order valence-electron chi connectivity index (χ4n) is 3.18. The molecular formula is C19H30FN3O3S. The Labute approximate surface area is 161 Å². The standard InChI is InChI=1S/C19H30FN3O3S/c1-3-21-18(23-15-19(9-6-10-19)11-13-26-2)22-12-14-27(24,25)17-8-5-4-7-16(17)20/h4-5,7-8H,3,6,9-15H2,1-2H3,(H2,21,22,23). The normalized spacial score (nSPS) is 16.6. The summed E-state index contributed by atoms with van der Waals surface area (Å²) in [5.41, 5.74) is 0.192. The van der Waals surface area contributed by atoms with Crippen LogP contribution in [-0.4, -0.2) is 53.5 Å². The Morgan fingerprint density at radius 2 is 2.04 bits per heavy atom. The Morgan fingerprint density at radius 3 is 2.63 bits per heavy atom. The molecule has 0 radical (unpaired) electrons. The van der Waals surface area contributed by atoms with Crippen LogP contribution in [0.4, 0.5) is 4.39 Å². The van der Waals surface area contributed by atoms with Gasteiger partial charge >= 0.3 is 0 Å². The van der Waals surface area contributed by atoms with Crippen LogP contribution in [0, 0.1) is 11.2 Å². The lowest BCUT2D eigenvalue weighted by Gasteiger charge is -2.40. The minimum absolute atomic E-state index is 0.160. The van der Waals surface area contributed by atoms with Gasteiger partial charge in [-0.15, -0.1) is 0 Å². The largest absolute Gasteiger partial charge is 0.385 e. The van der Waals surface area contributed by atoms with E-state index >= 15 is 0 Å². The zero-order chi connectivity index (χ0) is 19.8. The number of hydrogen-bond donors (Lipinski definition) is 2. The van der Waals surface area contributed by atoms with Gasteiger partial charge in [0.2, 0.25) is 0 Å². The van der Waals surface area contributed by atoms with E-state index in [0.29, 0.717) is 19.0 Å². The van der Waals surface area contributed by atoms with Gasteiger partial charge in [-0.3, -0.25) is 4.99 Å². The third-order valence-electron chi connectivity index (χ3n) is 5.00. The predicted octanol–water partition coefficient (Wildman–Crippen LogP) is 2.36. The number of hydrogen-bond acceptors (Lipinski definition) is 4. The smallest absolute Gasteiger partial charge is 0.191 e. The van der Waals surface area contributed by atoms with Gasteiger partial charge in [0.15, 0.2) is 15.8 Å². The first kappa shape index (κ1) is 21.6. The van der Waals surface area contributed by atoms with E-state index in [1.54, 1.807) is 7.11 Å². The second kappa shape index (κ2) is 10.0. The Morgan fingerprint density at radius 1 is 1.30 bits per heavy atom. The van der Waals surface area contributed by atoms with Crippen molar-refractivity contribution in [2.75, 3.05) is 39.1 Å². The summed E-state index contributed by atoms with van der Waals surface area (Å²) in [7, 11) is -1.98. The van der Waals surface area contributed by atoms with Gasteiger partial charge in [0, 0.05) is 33.4 Å². The van der Waals surface area contributed by atoms with Crippen molar-refractivity contribution >= 4 is 15.8 Å². The number of sulfone groups is 1. The second-order valence-electron chi connectivity index (χ2n) is 6.97. The number of halogens is 1. The molecule has 0 unspecified atom stereocenters. The summed E-state index contributed by atoms with van der Waals surface area (Å²) in [6.45, 7) is 4.20. The topological polar surface area (TPSA) is 79.8 Å². The number of ether oxygens (including phenoxy) is 1. The van der Waals surface area contributed by atoms with Crippen LogP contribution in [0.5, 0.6) is 0 Å². The number of benzene rings is 1. The molecule has 1 aromatic rings. The van der Waals surface area contributed by atoms with Gasteiger partial charge < -0.3 is 15.4 Å². The van der Waals surface area contributed by atoms with E-state index in [4.69, 9.17) is 4.74 Å². The van der Waals surface area contributed by atoms with Gasteiger partial charge in [-0.1, -0.05) is 18.6 Å². The predicted molar refractivity (Wildman–Crippen MR) is 105 cm³/mol. The molecule has 0 aliphatic heterocycles. The first-order valence-electron chi connectivity index (χ1n) is 9.41. The molecule has 2 rings (SSSR count). The Bertz CT molecular complexity index is 733. The molecule has 1 aliphatic carbocycles. The maximum atomic E-state index is 13.7. The van der Waals surface area contributed by atoms with Crippen LogP contribution in [-0.2, 0) is 14.6 Å². The zero-order valence-electron chi connectivity index (χ0n) is 16.1. The number of guanidine groups is 1. The van der Waals surface area contributed by atoms with E-state index in [0.717, 1.165) is 31.9 Å². The van der Waals surface area contributed by atoms with E-state index in [1.807, 2.05) is 6.92 Å². The molecule has 0 spiro atoms. The van der Waals surface area contributed by atoms with Crippen molar-refractivity contribution in [1.29, 1.82) is 0 Å². The van der Waals surface area contributed by atoms with Gasteiger partial charge in [-0.05, 0) is 43.7 Å². The summed E-state index contributed by atoms with van der Waals surface area (Å²) in [5, 5.41) is 6.18. The minimum Gasteiger partial charge on any atom is -0.385 e. The van der Waals surface area contributed by atoms with Gasteiger partial charge in [-0.2, -0.15) is 0 Å². The molecule has 0 aromatic heterocycles. The van der Waals surface area contributed by atoms with Crippen molar-refractivity contribution in [3.8, 4) is 0 Å². The van der Waals surface area contributed by atoms with Crippen LogP contribution in [0.15, 0.2) is 34.2 Å². The maximum Gasteiger partial charge on any atom is 0.191 e. The lowest BCUT2D eigenvalue weighted by molar-refractivity contribution is 0.0778. The van der Waals surface area contributed by atoms with Crippen LogP contribution in [0.1, 0.15) is 32.6 Å². The monoisotopic (exact) mass is 399 g/mol. The number of nitrogens with one attached hydrogen (secondary N) is 2. The third-order valence-corrected chi connectivity index (χ3v) is 6.75. The summed E-state index contributed by atoms with van der Waals surface area (Å²) < 4.78 is 43.6. The highest BCUT2D eigenvalue weighted by Gasteiger charge is 2.36. The molecule has 6 nitrogen and oxygen atoms in total. The van der Waals surface area contributed by atoms with E-state index < -0.39 is 15.7 Å². The molecule has 27 heavy (non-hydrogen) atoms. The molecule has 152 valence electrons. The SMILES string of the molecule is CCNC(=NCC1(CCOC)CCC1)NCCS(=O)(=O)c1ccccc1F.